The van der Waals surface area contributed by atoms with E-state index in [1.54, 1.807) is 6.20 Å². The maximum atomic E-state index is 12.1. The van der Waals surface area contributed by atoms with Gasteiger partial charge in [0.2, 0.25) is 0 Å². The number of rotatable bonds is 4. The Labute approximate surface area is 108 Å². The van der Waals surface area contributed by atoms with Crippen molar-refractivity contribution in [2.45, 2.75) is 26.7 Å². The molecule has 0 N–H and O–H groups in total. The van der Waals surface area contributed by atoms with Crippen LogP contribution in [-0.2, 0) is 6.42 Å². The largest absolute Gasteiger partial charge is 0.294 e. The number of pyridine rings is 1. The van der Waals surface area contributed by atoms with Crippen molar-refractivity contribution < 1.29 is 4.79 Å². The molecule has 0 aliphatic carbocycles. The van der Waals surface area contributed by atoms with E-state index in [1.807, 2.05) is 44.3 Å². The van der Waals surface area contributed by atoms with Gasteiger partial charge in [-0.2, -0.15) is 0 Å². The van der Waals surface area contributed by atoms with Gasteiger partial charge in [0.25, 0.3) is 0 Å². The highest BCUT2D eigenvalue weighted by Crippen LogP contribution is 2.14. The Morgan fingerprint density at radius 3 is 2.72 bits per heavy atom. The third-order valence-electron chi connectivity index (χ3n) is 3.05. The van der Waals surface area contributed by atoms with Crippen LogP contribution < -0.4 is 0 Å². The molecule has 0 aliphatic heterocycles. The van der Waals surface area contributed by atoms with E-state index in [0.29, 0.717) is 6.42 Å². The molecule has 1 aromatic carbocycles. The van der Waals surface area contributed by atoms with Gasteiger partial charge in [0.15, 0.2) is 5.78 Å². The zero-order valence-electron chi connectivity index (χ0n) is 10.8. The molecule has 2 rings (SSSR count). The molecule has 0 aliphatic rings. The van der Waals surface area contributed by atoms with Crippen molar-refractivity contribution >= 4 is 5.78 Å². The van der Waals surface area contributed by atoms with Crippen LogP contribution in [0.4, 0.5) is 0 Å². The second kappa shape index (κ2) is 5.58. The van der Waals surface area contributed by atoms with E-state index in [9.17, 15) is 4.79 Å². The number of Topliss-reactive ketones (excluding diaryl/α,β-unsaturated/α-hetero) is 1. The summed E-state index contributed by atoms with van der Waals surface area (Å²) in [5, 5.41) is 0. The minimum Gasteiger partial charge on any atom is -0.294 e. The van der Waals surface area contributed by atoms with E-state index >= 15 is 0 Å². The van der Waals surface area contributed by atoms with Crippen molar-refractivity contribution in [3.63, 3.8) is 0 Å². The van der Waals surface area contributed by atoms with Crippen LogP contribution in [0.25, 0.3) is 0 Å². The lowest BCUT2D eigenvalue weighted by molar-refractivity contribution is 0.0982. The predicted octanol–water partition coefficient (Wildman–Crippen LogP) is 3.51. The highest BCUT2D eigenvalue weighted by Gasteiger charge is 2.09. The van der Waals surface area contributed by atoms with Crippen LogP contribution in [0.15, 0.2) is 42.7 Å². The number of aromatic nitrogens is 1. The molecule has 92 valence electrons. The molecular weight excluding hydrogens is 222 g/mol. The zero-order chi connectivity index (χ0) is 13.0. The molecular formula is C16H17NO. The fourth-order valence-corrected chi connectivity index (χ4v) is 2.06. The van der Waals surface area contributed by atoms with Crippen LogP contribution in [0, 0.1) is 13.8 Å². The normalized spacial score (nSPS) is 10.3. The molecule has 1 heterocycles. The number of aryl methyl sites for hydroxylation is 3. The average molecular weight is 239 g/mol. The van der Waals surface area contributed by atoms with Gasteiger partial charge in [0.1, 0.15) is 0 Å². The Balaban J connectivity index is 2.04. The molecule has 2 nitrogen and oxygen atoms in total. The summed E-state index contributed by atoms with van der Waals surface area (Å²) < 4.78 is 0. The predicted molar refractivity (Wildman–Crippen MR) is 72.8 cm³/mol. The molecule has 0 fully saturated rings. The SMILES string of the molecule is Cc1ccc(C(=O)CCc2cccnc2)c(C)c1. The number of hydrogen-bond donors (Lipinski definition) is 0. The van der Waals surface area contributed by atoms with E-state index in [-0.39, 0.29) is 5.78 Å². The Kier molecular flexibility index (Phi) is 3.88. The smallest absolute Gasteiger partial charge is 0.163 e. The Morgan fingerprint density at radius 2 is 2.06 bits per heavy atom. The second-order valence-electron chi connectivity index (χ2n) is 4.60. The fourth-order valence-electron chi connectivity index (χ4n) is 2.06. The first-order chi connectivity index (χ1) is 8.66. The number of nitrogens with zero attached hydrogens (tertiary/aromatic N) is 1. The van der Waals surface area contributed by atoms with Crippen LogP contribution in [0.2, 0.25) is 0 Å². The van der Waals surface area contributed by atoms with Gasteiger partial charge in [-0.1, -0.05) is 29.8 Å². The summed E-state index contributed by atoms with van der Waals surface area (Å²) >= 11 is 0. The van der Waals surface area contributed by atoms with Gasteiger partial charge in [-0.05, 0) is 37.5 Å². The summed E-state index contributed by atoms with van der Waals surface area (Å²) in [4.78, 5) is 16.2. The zero-order valence-corrected chi connectivity index (χ0v) is 10.8. The minimum atomic E-state index is 0.205. The van der Waals surface area contributed by atoms with Crippen LogP contribution in [-0.4, -0.2) is 10.8 Å². The number of carbonyl (C=O) groups is 1. The summed E-state index contributed by atoms with van der Waals surface area (Å²) in [7, 11) is 0. The monoisotopic (exact) mass is 239 g/mol. The summed E-state index contributed by atoms with van der Waals surface area (Å²) in [6.07, 6.45) is 4.85. The molecule has 18 heavy (non-hydrogen) atoms. The lowest BCUT2D eigenvalue weighted by Gasteiger charge is -2.06. The van der Waals surface area contributed by atoms with Gasteiger partial charge in [-0.25, -0.2) is 0 Å². The van der Waals surface area contributed by atoms with Crippen molar-refractivity contribution in [2.24, 2.45) is 0 Å². The van der Waals surface area contributed by atoms with Crippen LogP contribution in [0.3, 0.4) is 0 Å². The third-order valence-corrected chi connectivity index (χ3v) is 3.05. The molecule has 0 saturated carbocycles. The topological polar surface area (TPSA) is 30.0 Å². The van der Waals surface area contributed by atoms with Crippen LogP contribution in [0.5, 0.6) is 0 Å². The van der Waals surface area contributed by atoms with E-state index < -0.39 is 0 Å². The number of benzene rings is 1. The third kappa shape index (κ3) is 3.04. The van der Waals surface area contributed by atoms with Crippen molar-refractivity contribution in [1.29, 1.82) is 0 Å². The molecule has 1 aromatic heterocycles. The molecule has 2 aromatic rings. The molecule has 0 bridgehead atoms. The first-order valence-electron chi connectivity index (χ1n) is 6.16. The van der Waals surface area contributed by atoms with Gasteiger partial charge in [-0.15, -0.1) is 0 Å². The fraction of sp³-hybridized carbons (Fsp3) is 0.250. The molecule has 2 heteroatoms. The summed E-state index contributed by atoms with van der Waals surface area (Å²) in [6, 6.07) is 9.87. The van der Waals surface area contributed by atoms with Crippen molar-refractivity contribution in [1.82, 2.24) is 4.98 Å². The van der Waals surface area contributed by atoms with E-state index in [1.165, 1.54) is 5.56 Å². The Hall–Kier alpha value is -1.96. The van der Waals surface area contributed by atoms with Crippen molar-refractivity contribution in [2.75, 3.05) is 0 Å². The lowest BCUT2D eigenvalue weighted by Crippen LogP contribution is -2.03. The van der Waals surface area contributed by atoms with Crippen LogP contribution in [0.1, 0.15) is 33.5 Å². The lowest BCUT2D eigenvalue weighted by atomic mass is 9.98. The number of hydrogen-bond acceptors (Lipinski definition) is 2. The number of ketones is 1. The molecule has 0 amide bonds. The van der Waals surface area contributed by atoms with Gasteiger partial charge in [-0.3, -0.25) is 9.78 Å². The molecule has 0 atom stereocenters. The quantitative estimate of drug-likeness (QED) is 0.764. The maximum Gasteiger partial charge on any atom is 0.163 e. The van der Waals surface area contributed by atoms with Gasteiger partial charge in [0, 0.05) is 24.4 Å². The first kappa shape index (κ1) is 12.5. The summed E-state index contributed by atoms with van der Waals surface area (Å²) in [6.45, 7) is 4.03. The van der Waals surface area contributed by atoms with Crippen LogP contribution >= 0.6 is 0 Å². The average Bonchev–Trinajstić information content (AvgIpc) is 2.37. The summed E-state index contributed by atoms with van der Waals surface area (Å²) in [5.74, 6) is 0.205. The highest BCUT2D eigenvalue weighted by atomic mass is 16.1. The van der Waals surface area contributed by atoms with E-state index in [4.69, 9.17) is 0 Å². The minimum absolute atomic E-state index is 0.205. The van der Waals surface area contributed by atoms with E-state index in [2.05, 4.69) is 11.1 Å². The molecule has 0 spiro atoms. The summed E-state index contributed by atoms with van der Waals surface area (Å²) in [5.41, 5.74) is 4.20. The van der Waals surface area contributed by atoms with Crippen molar-refractivity contribution in [3.05, 3.63) is 65.0 Å². The Bertz CT molecular complexity index is 546. The Morgan fingerprint density at radius 1 is 1.22 bits per heavy atom. The van der Waals surface area contributed by atoms with E-state index in [0.717, 1.165) is 23.1 Å². The number of carbonyl (C=O) groups excluding carboxylic acids is 1. The standard InChI is InChI=1S/C16H17NO/c1-12-5-7-15(13(2)10-12)16(18)8-6-14-4-3-9-17-11-14/h3-5,7,9-11H,6,8H2,1-2H3. The maximum absolute atomic E-state index is 12.1. The van der Waals surface area contributed by atoms with Gasteiger partial charge >= 0.3 is 0 Å². The van der Waals surface area contributed by atoms with Gasteiger partial charge in [0.05, 0.1) is 0 Å². The molecule has 0 saturated heterocycles. The highest BCUT2D eigenvalue weighted by molar-refractivity contribution is 5.97. The molecule has 0 radical (unpaired) electrons. The first-order valence-corrected chi connectivity index (χ1v) is 6.16. The van der Waals surface area contributed by atoms with Crippen molar-refractivity contribution in [3.8, 4) is 0 Å². The molecule has 0 unspecified atom stereocenters. The van der Waals surface area contributed by atoms with Gasteiger partial charge < -0.3 is 0 Å². The second-order valence-corrected chi connectivity index (χ2v) is 4.60.